The highest BCUT2D eigenvalue weighted by Crippen LogP contribution is 2.12. The Morgan fingerprint density at radius 1 is 1.31 bits per heavy atom. The van der Waals surface area contributed by atoms with Crippen LogP contribution in [-0.2, 0) is 0 Å². The second kappa shape index (κ2) is 4.09. The Labute approximate surface area is 91.4 Å². The highest BCUT2D eigenvalue weighted by molar-refractivity contribution is 5.43. The number of hydrogen-bond acceptors (Lipinski definition) is 5. The Hall–Kier alpha value is -2.24. The monoisotopic (exact) mass is 218 g/mol. The molecule has 6 nitrogen and oxygen atoms in total. The van der Waals surface area contributed by atoms with Crippen LogP contribution in [0.5, 0.6) is 5.75 Å². The molecule has 0 saturated carbocycles. The van der Waals surface area contributed by atoms with Crippen molar-refractivity contribution in [3.05, 3.63) is 34.5 Å². The molecule has 0 saturated heterocycles. The van der Waals surface area contributed by atoms with Gasteiger partial charge in [0.25, 0.3) is 5.56 Å². The Morgan fingerprint density at radius 3 is 2.56 bits per heavy atom. The van der Waals surface area contributed by atoms with E-state index in [-0.39, 0.29) is 11.3 Å². The predicted molar refractivity (Wildman–Crippen MR) is 57.2 cm³/mol. The van der Waals surface area contributed by atoms with Gasteiger partial charge in [0.2, 0.25) is 5.75 Å². The van der Waals surface area contributed by atoms with Crippen molar-refractivity contribution in [1.29, 1.82) is 0 Å². The lowest BCUT2D eigenvalue weighted by molar-refractivity contribution is 0.402. The largest absolute Gasteiger partial charge is 0.490 e. The molecule has 1 N–H and O–H groups in total. The fourth-order valence-corrected chi connectivity index (χ4v) is 1.34. The Morgan fingerprint density at radius 2 is 2.00 bits per heavy atom. The first-order valence-electron chi connectivity index (χ1n) is 4.64. The van der Waals surface area contributed by atoms with Gasteiger partial charge >= 0.3 is 0 Å². The zero-order chi connectivity index (χ0) is 11.5. The van der Waals surface area contributed by atoms with Crippen molar-refractivity contribution in [1.82, 2.24) is 19.9 Å². The van der Waals surface area contributed by atoms with Gasteiger partial charge in [0, 0.05) is 12.4 Å². The van der Waals surface area contributed by atoms with E-state index in [0.29, 0.717) is 17.3 Å². The third-order valence-electron chi connectivity index (χ3n) is 2.03. The molecule has 0 aromatic carbocycles. The number of aromatic amines is 1. The number of nitrogens with zero attached hydrogens (tertiary/aromatic N) is 3. The third-order valence-corrected chi connectivity index (χ3v) is 2.03. The molecule has 82 valence electrons. The SMILES string of the molecule is COc1c(C)nc(-c2ncccn2)[nH]c1=O. The van der Waals surface area contributed by atoms with E-state index in [4.69, 9.17) is 4.74 Å². The first kappa shape index (κ1) is 10.3. The Bertz CT molecular complexity index is 550. The normalized spacial score (nSPS) is 10.1. The summed E-state index contributed by atoms with van der Waals surface area (Å²) in [5.74, 6) is 0.925. The van der Waals surface area contributed by atoms with Crippen LogP contribution in [0.1, 0.15) is 5.69 Å². The van der Waals surface area contributed by atoms with Crippen molar-refractivity contribution < 1.29 is 4.74 Å². The molecule has 0 amide bonds. The van der Waals surface area contributed by atoms with Gasteiger partial charge in [0.15, 0.2) is 11.6 Å². The molecule has 2 aromatic rings. The molecular formula is C10H10N4O2. The lowest BCUT2D eigenvalue weighted by Crippen LogP contribution is -2.14. The first-order valence-corrected chi connectivity index (χ1v) is 4.64. The van der Waals surface area contributed by atoms with Gasteiger partial charge in [-0.2, -0.15) is 0 Å². The van der Waals surface area contributed by atoms with Crippen LogP contribution >= 0.6 is 0 Å². The fourth-order valence-electron chi connectivity index (χ4n) is 1.34. The molecule has 0 radical (unpaired) electrons. The molecule has 2 aromatic heterocycles. The average molecular weight is 218 g/mol. The van der Waals surface area contributed by atoms with E-state index in [2.05, 4.69) is 19.9 Å². The maximum absolute atomic E-state index is 11.6. The molecule has 0 aliphatic carbocycles. The molecule has 0 bridgehead atoms. The smallest absolute Gasteiger partial charge is 0.293 e. The van der Waals surface area contributed by atoms with Crippen LogP contribution in [0, 0.1) is 6.92 Å². The highest BCUT2D eigenvalue weighted by atomic mass is 16.5. The number of nitrogens with one attached hydrogen (secondary N) is 1. The zero-order valence-corrected chi connectivity index (χ0v) is 8.89. The van der Waals surface area contributed by atoms with Gasteiger partial charge < -0.3 is 9.72 Å². The van der Waals surface area contributed by atoms with E-state index in [1.807, 2.05) is 0 Å². The predicted octanol–water partition coefficient (Wildman–Crippen LogP) is 0.544. The standard InChI is InChI=1S/C10H10N4O2/c1-6-7(16-2)10(15)14-9(13-6)8-11-4-3-5-12-8/h3-5H,1-2H3,(H,13,14,15). The first-order chi connectivity index (χ1) is 7.72. The van der Waals surface area contributed by atoms with Crippen molar-refractivity contribution in [2.75, 3.05) is 7.11 Å². The molecule has 0 spiro atoms. The summed E-state index contributed by atoms with van der Waals surface area (Å²) in [5, 5.41) is 0. The summed E-state index contributed by atoms with van der Waals surface area (Å²) < 4.78 is 4.92. The maximum Gasteiger partial charge on any atom is 0.293 e. The fraction of sp³-hybridized carbons (Fsp3) is 0.200. The van der Waals surface area contributed by atoms with Gasteiger partial charge in [-0.15, -0.1) is 0 Å². The van der Waals surface area contributed by atoms with Crippen LogP contribution < -0.4 is 10.3 Å². The van der Waals surface area contributed by atoms with Crippen LogP contribution in [0.2, 0.25) is 0 Å². The highest BCUT2D eigenvalue weighted by Gasteiger charge is 2.10. The van der Waals surface area contributed by atoms with Crippen LogP contribution in [0.3, 0.4) is 0 Å². The molecule has 0 unspecified atom stereocenters. The quantitative estimate of drug-likeness (QED) is 0.795. The van der Waals surface area contributed by atoms with Crippen LogP contribution in [0.25, 0.3) is 11.6 Å². The van der Waals surface area contributed by atoms with Gasteiger partial charge in [-0.3, -0.25) is 4.79 Å². The lowest BCUT2D eigenvalue weighted by atomic mass is 10.4. The molecule has 0 aliphatic rings. The molecule has 0 fully saturated rings. The molecule has 16 heavy (non-hydrogen) atoms. The lowest BCUT2D eigenvalue weighted by Gasteiger charge is -2.04. The van der Waals surface area contributed by atoms with Crippen molar-refractivity contribution >= 4 is 0 Å². The number of H-pyrrole nitrogens is 1. The van der Waals surface area contributed by atoms with Gasteiger partial charge in [0.1, 0.15) is 0 Å². The zero-order valence-electron chi connectivity index (χ0n) is 8.89. The minimum Gasteiger partial charge on any atom is -0.490 e. The molecule has 0 atom stereocenters. The molecule has 2 heterocycles. The second-order valence-electron chi connectivity index (χ2n) is 3.11. The molecular weight excluding hydrogens is 208 g/mol. The minimum atomic E-state index is -0.336. The summed E-state index contributed by atoms with van der Waals surface area (Å²) in [6, 6.07) is 1.69. The van der Waals surface area contributed by atoms with Crippen LogP contribution in [-0.4, -0.2) is 27.0 Å². The summed E-state index contributed by atoms with van der Waals surface area (Å²) in [7, 11) is 1.43. The summed E-state index contributed by atoms with van der Waals surface area (Å²) in [4.78, 5) is 26.3. The van der Waals surface area contributed by atoms with Crippen LogP contribution in [0.15, 0.2) is 23.3 Å². The van der Waals surface area contributed by atoms with Crippen molar-refractivity contribution in [2.45, 2.75) is 6.92 Å². The van der Waals surface area contributed by atoms with E-state index in [1.165, 1.54) is 7.11 Å². The van der Waals surface area contributed by atoms with Gasteiger partial charge in [-0.05, 0) is 13.0 Å². The molecule has 6 heteroatoms. The van der Waals surface area contributed by atoms with E-state index >= 15 is 0 Å². The van der Waals surface area contributed by atoms with Gasteiger partial charge in [-0.1, -0.05) is 0 Å². The summed E-state index contributed by atoms with van der Waals surface area (Å²) in [6.45, 7) is 1.69. The average Bonchev–Trinajstić information content (AvgIpc) is 2.30. The van der Waals surface area contributed by atoms with Crippen molar-refractivity contribution in [3.63, 3.8) is 0 Å². The van der Waals surface area contributed by atoms with Gasteiger partial charge in [-0.25, -0.2) is 15.0 Å². The second-order valence-corrected chi connectivity index (χ2v) is 3.11. The number of aromatic nitrogens is 4. The van der Waals surface area contributed by atoms with Gasteiger partial charge in [0.05, 0.1) is 12.8 Å². The van der Waals surface area contributed by atoms with E-state index in [1.54, 1.807) is 25.4 Å². The Kier molecular flexibility index (Phi) is 2.63. The topological polar surface area (TPSA) is 80.8 Å². The minimum absolute atomic E-state index is 0.208. The number of rotatable bonds is 2. The summed E-state index contributed by atoms with van der Waals surface area (Å²) in [6.07, 6.45) is 3.17. The van der Waals surface area contributed by atoms with E-state index < -0.39 is 0 Å². The van der Waals surface area contributed by atoms with E-state index in [9.17, 15) is 4.79 Å². The Balaban J connectivity index is 2.57. The third kappa shape index (κ3) is 1.77. The van der Waals surface area contributed by atoms with E-state index in [0.717, 1.165) is 0 Å². The number of methoxy groups -OCH3 is 1. The maximum atomic E-state index is 11.6. The number of hydrogen-bond donors (Lipinski definition) is 1. The summed E-state index contributed by atoms with van der Waals surface area (Å²) in [5.41, 5.74) is 0.172. The number of aryl methyl sites for hydroxylation is 1. The molecule has 0 aliphatic heterocycles. The van der Waals surface area contributed by atoms with Crippen molar-refractivity contribution in [3.8, 4) is 17.4 Å². The van der Waals surface area contributed by atoms with Crippen molar-refractivity contribution in [2.24, 2.45) is 0 Å². The summed E-state index contributed by atoms with van der Waals surface area (Å²) >= 11 is 0. The number of ether oxygens (including phenoxy) is 1. The molecule has 2 rings (SSSR count). The van der Waals surface area contributed by atoms with Crippen LogP contribution in [0.4, 0.5) is 0 Å².